The van der Waals surface area contributed by atoms with Crippen molar-refractivity contribution >= 4 is 47.2 Å². The fourth-order valence-corrected chi connectivity index (χ4v) is 2.01. The fraction of sp³-hybridized carbons (Fsp3) is 0.188. The standard InChI is InChI=1S/C16H18ClN3O.HI/c1-11-3-2-4-14(9-11)20-16(18)19-10-15(21)12-5-7-13(17)8-6-12;/h2-9,15,21H,10H2,1H3,(H3,18,19,20);1H. The monoisotopic (exact) mass is 431 g/mol. The molecule has 1 unspecified atom stereocenters. The number of hydrogen-bond acceptors (Lipinski definition) is 2. The second kappa shape index (κ2) is 8.97. The van der Waals surface area contributed by atoms with Crippen LogP contribution in [0.25, 0.3) is 0 Å². The maximum absolute atomic E-state index is 10.0. The number of benzene rings is 2. The molecule has 0 saturated heterocycles. The first-order chi connectivity index (χ1) is 10.0. The number of rotatable bonds is 4. The third kappa shape index (κ3) is 5.82. The van der Waals surface area contributed by atoms with Gasteiger partial charge in [-0.1, -0.05) is 35.9 Å². The van der Waals surface area contributed by atoms with Crippen LogP contribution in [-0.4, -0.2) is 17.6 Å². The van der Waals surface area contributed by atoms with Crippen molar-refractivity contribution in [2.75, 3.05) is 11.9 Å². The van der Waals surface area contributed by atoms with E-state index >= 15 is 0 Å². The number of aryl methyl sites for hydroxylation is 1. The minimum absolute atomic E-state index is 0. The summed E-state index contributed by atoms with van der Waals surface area (Å²) in [5.41, 5.74) is 8.57. The largest absolute Gasteiger partial charge is 0.386 e. The van der Waals surface area contributed by atoms with E-state index in [0.717, 1.165) is 16.8 Å². The van der Waals surface area contributed by atoms with Gasteiger partial charge in [0.05, 0.1) is 12.6 Å². The van der Waals surface area contributed by atoms with E-state index in [1.165, 1.54) is 0 Å². The van der Waals surface area contributed by atoms with Crippen molar-refractivity contribution in [3.8, 4) is 0 Å². The summed E-state index contributed by atoms with van der Waals surface area (Å²) in [5.74, 6) is 0.272. The molecule has 2 rings (SSSR count). The first-order valence-electron chi connectivity index (χ1n) is 6.62. The van der Waals surface area contributed by atoms with E-state index in [9.17, 15) is 5.11 Å². The zero-order valence-electron chi connectivity index (χ0n) is 12.2. The molecule has 118 valence electrons. The lowest BCUT2D eigenvalue weighted by molar-refractivity contribution is 0.187. The van der Waals surface area contributed by atoms with Crippen LogP contribution >= 0.6 is 35.6 Å². The Morgan fingerprint density at radius 2 is 1.95 bits per heavy atom. The predicted octanol–water partition coefficient (Wildman–Crippen LogP) is 3.73. The highest BCUT2D eigenvalue weighted by molar-refractivity contribution is 14.0. The van der Waals surface area contributed by atoms with Gasteiger partial charge in [-0.15, -0.1) is 24.0 Å². The average molecular weight is 432 g/mol. The molecule has 0 aromatic heterocycles. The highest BCUT2D eigenvalue weighted by atomic mass is 127. The number of nitrogens with two attached hydrogens (primary N) is 1. The normalized spacial score (nSPS) is 12.4. The Morgan fingerprint density at radius 1 is 1.27 bits per heavy atom. The van der Waals surface area contributed by atoms with Crippen molar-refractivity contribution in [3.05, 3.63) is 64.7 Å². The van der Waals surface area contributed by atoms with E-state index < -0.39 is 6.10 Å². The Kier molecular flexibility index (Phi) is 7.64. The molecule has 0 aliphatic carbocycles. The molecule has 2 aromatic carbocycles. The molecular formula is C16H19ClIN3O. The maximum Gasteiger partial charge on any atom is 0.193 e. The van der Waals surface area contributed by atoms with Crippen LogP contribution in [-0.2, 0) is 0 Å². The van der Waals surface area contributed by atoms with Crippen molar-refractivity contribution < 1.29 is 5.11 Å². The zero-order chi connectivity index (χ0) is 15.2. The third-order valence-electron chi connectivity index (χ3n) is 2.98. The molecule has 1 atom stereocenters. The van der Waals surface area contributed by atoms with E-state index in [1.54, 1.807) is 24.3 Å². The Labute approximate surface area is 152 Å². The number of aliphatic imine (C=N–C) groups is 1. The first kappa shape index (κ1) is 18.7. The fourth-order valence-electron chi connectivity index (χ4n) is 1.89. The number of aliphatic hydroxyl groups excluding tert-OH is 1. The number of aliphatic hydroxyl groups is 1. The Morgan fingerprint density at radius 3 is 2.59 bits per heavy atom. The van der Waals surface area contributed by atoms with Crippen molar-refractivity contribution in [1.82, 2.24) is 0 Å². The van der Waals surface area contributed by atoms with Crippen LogP contribution in [0, 0.1) is 6.92 Å². The Hall–Kier alpha value is -1.31. The van der Waals surface area contributed by atoms with Gasteiger partial charge < -0.3 is 16.2 Å². The van der Waals surface area contributed by atoms with Crippen LogP contribution in [0.5, 0.6) is 0 Å². The number of hydrogen-bond donors (Lipinski definition) is 3. The molecule has 0 bridgehead atoms. The minimum Gasteiger partial charge on any atom is -0.386 e. The molecule has 0 spiro atoms. The summed E-state index contributed by atoms with van der Waals surface area (Å²) in [7, 11) is 0. The van der Waals surface area contributed by atoms with Gasteiger partial charge in [0.15, 0.2) is 5.96 Å². The van der Waals surface area contributed by atoms with Crippen LogP contribution in [0.15, 0.2) is 53.5 Å². The molecule has 0 aliphatic rings. The van der Waals surface area contributed by atoms with E-state index in [-0.39, 0.29) is 36.5 Å². The Bertz CT molecular complexity index is 632. The van der Waals surface area contributed by atoms with Gasteiger partial charge in [-0.2, -0.15) is 0 Å². The van der Waals surface area contributed by atoms with Gasteiger partial charge in [-0.3, -0.25) is 4.99 Å². The predicted molar refractivity (Wildman–Crippen MR) is 103 cm³/mol. The smallest absolute Gasteiger partial charge is 0.193 e. The van der Waals surface area contributed by atoms with Crippen molar-refractivity contribution in [2.24, 2.45) is 10.7 Å². The van der Waals surface area contributed by atoms with Gasteiger partial charge in [0.2, 0.25) is 0 Å². The molecule has 0 amide bonds. The number of nitrogens with zero attached hydrogens (tertiary/aromatic N) is 1. The summed E-state index contributed by atoms with van der Waals surface area (Å²) < 4.78 is 0. The number of halogens is 2. The molecule has 6 heteroatoms. The first-order valence-corrected chi connectivity index (χ1v) is 6.99. The quantitative estimate of drug-likeness (QED) is 0.392. The zero-order valence-corrected chi connectivity index (χ0v) is 15.2. The number of anilines is 1. The summed E-state index contributed by atoms with van der Waals surface area (Å²) in [6.45, 7) is 2.19. The molecule has 22 heavy (non-hydrogen) atoms. The van der Waals surface area contributed by atoms with Gasteiger partial charge in [0, 0.05) is 10.7 Å². The molecule has 0 fully saturated rings. The molecule has 2 aromatic rings. The van der Waals surface area contributed by atoms with Gasteiger partial charge in [-0.25, -0.2) is 0 Å². The van der Waals surface area contributed by atoms with Gasteiger partial charge >= 0.3 is 0 Å². The molecule has 0 saturated carbocycles. The maximum atomic E-state index is 10.0. The second-order valence-electron chi connectivity index (χ2n) is 4.79. The van der Waals surface area contributed by atoms with Crippen molar-refractivity contribution in [2.45, 2.75) is 13.0 Å². The van der Waals surface area contributed by atoms with Crippen LogP contribution in [0.2, 0.25) is 5.02 Å². The summed E-state index contributed by atoms with van der Waals surface area (Å²) >= 11 is 5.81. The summed E-state index contributed by atoms with van der Waals surface area (Å²) in [6.07, 6.45) is -0.708. The molecular weight excluding hydrogens is 413 g/mol. The lowest BCUT2D eigenvalue weighted by Gasteiger charge is -2.10. The second-order valence-corrected chi connectivity index (χ2v) is 5.22. The highest BCUT2D eigenvalue weighted by Crippen LogP contribution is 2.16. The SMILES string of the molecule is Cc1cccc(NC(N)=NCC(O)c2ccc(Cl)cc2)c1.I. The molecule has 4 nitrogen and oxygen atoms in total. The molecule has 0 radical (unpaired) electrons. The van der Waals surface area contributed by atoms with E-state index in [1.807, 2.05) is 31.2 Å². The summed E-state index contributed by atoms with van der Waals surface area (Å²) in [6, 6.07) is 14.8. The van der Waals surface area contributed by atoms with E-state index in [2.05, 4.69) is 10.3 Å². The molecule has 0 heterocycles. The van der Waals surface area contributed by atoms with Gasteiger partial charge in [0.25, 0.3) is 0 Å². The number of nitrogens with one attached hydrogen (secondary N) is 1. The average Bonchev–Trinajstić information content (AvgIpc) is 2.45. The summed E-state index contributed by atoms with van der Waals surface area (Å²) in [4.78, 5) is 4.15. The van der Waals surface area contributed by atoms with Crippen molar-refractivity contribution in [3.63, 3.8) is 0 Å². The Balaban J connectivity index is 0.00000242. The van der Waals surface area contributed by atoms with Gasteiger partial charge in [-0.05, 0) is 42.3 Å². The molecule has 0 aliphatic heterocycles. The third-order valence-corrected chi connectivity index (χ3v) is 3.23. The molecule has 4 N–H and O–H groups in total. The van der Waals surface area contributed by atoms with Gasteiger partial charge in [0.1, 0.15) is 0 Å². The lowest BCUT2D eigenvalue weighted by atomic mass is 10.1. The lowest BCUT2D eigenvalue weighted by Crippen LogP contribution is -2.23. The van der Waals surface area contributed by atoms with Crippen LogP contribution < -0.4 is 11.1 Å². The highest BCUT2D eigenvalue weighted by Gasteiger charge is 2.06. The van der Waals surface area contributed by atoms with Crippen molar-refractivity contribution in [1.29, 1.82) is 0 Å². The van der Waals surface area contributed by atoms with E-state index in [0.29, 0.717) is 5.02 Å². The summed E-state index contributed by atoms with van der Waals surface area (Å²) in [5, 5.41) is 13.7. The van der Waals surface area contributed by atoms with Crippen LogP contribution in [0.3, 0.4) is 0 Å². The van der Waals surface area contributed by atoms with Crippen LogP contribution in [0.1, 0.15) is 17.2 Å². The topological polar surface area (TPSA) is 70.6 Å². The van der Waals surface area contributed by atoms with E-state index in [4.69, 9.17) is 17.3 Å². The minimum atomic E-state index is -0.708. The number of guanidine groups is 1. The van der Waals surface area contributed by atoms with Crippen LogP contribution in [0.4, 0.5) is 5.69 Å².